The maximum atomic E-state index is 12.9. The smallest absolute Gasteiger partial charge is 0.213 e. The first kappa shape index (κ1) is 8.71. The van der Waals surface area contributed by atoms with Crippen LogP contribution in [-0.4, -0.2) is 13.0 Å². The summed E-state index contributed by atoms with van der Waals surface area (Å²) in [6, 6.07) is 4.57. The molecule has 0 aromatic heterocycles. The van der Waals surface area contributed by atoms with Gasteiger partial charge < -0.3 is 4.74 Å². The molecule has 2 nitrogen and oxygen atoms in total. The number of rotatable bonds is 1. The van der Waals surface area contributed by atoms with Crippen LogP contribution in [-0.2, 0) is 4.74 Å². The number of hydrogen-bond donors (Lipinski definition) is 1. The molecule has 1 N–H and O–H groups in total. The molecule has 0 amide bonds. The van der Waals surface area contributed by atoms with Gasteiger partial charge in [-0.2, -0.15) is 0 Å². The van der Waals surface area contributed by atoms with E-state index in [9.17, 15) is 4.39 Å². The van der Waals surface area contributed by atoms with Crippen molar-refractivity contribution >= 4 is 5.90 Å². The van der Waals surface area contributed by atoms with Gasteiger partial charge in [0.05, 0.1) is 7.11 Å². The highest BCUT2D eigenvalue weighted by atomic mass is 19.1. The molecular formula is C9H10FNO. The van der Waals surface area contributed by atoms with Gasteiger partial charge in [0.15, 0.2) is 0 Å². The fourth-order valence-electron chi connectivity index (χ4n) is 0.852. The van der Waals surface area contributed by atoms with Crippen LogP contribution in [0.25, 0.3) is 0 Å². The molecule has 0 fully saturated rings. The van der Waals surface area contributed by atoms with Gasteiger partial charge in [0.1, 0.15) is 5.82 Å². The molecule has 0 aliphatic rings. The zero-order chi connectivity index (χ0) is 9.14. The minimum Gasteiger partial charge on any atom is -0.481 e. The van der Waals surface area contributed by atoms with Crippen LogP contribution in [0.1, 0.15) is 11.1 Å². The molecule has 0 heterocycles. The molecule has 0 spiro atoms. The van der Waals surface area contributed by atoms with E-state index in [2.05, 4.69) is 4.74 Å². The van der Waals surface area contributed by atoms with Crippen molar-refractivity contribution in [2.24, 2.45) is 0 Å². The van der Waals surface area contributed by atoms with Crippen molar-refractivity contribution in [1.29, 1.82) is 5.41 Å². The summed E-state index contributed by atoms with van der Waals surface area (Å²) >= 11 is 0. The Morgan fingerprint density at radius 1 is 1.50 bits per heavy atom. The molecule has 3 heteroatoms. The zero-order valence-electron chi connectivity index (χ0n) is 7.02. The standard InChI is InChI=1S/C9H10FNO/c1-6-3-4-7(5-8(6)10)9(11)12-2/h3-5,11H,1-2H3. The average Bonchev–Trinajstić information content (AvgIpc) is 2.08. The van der Waals surface area contributed by atoms with Crippen molar-refractivity contribution in [2.45, 2.75) is 6.92 Å². The average molecular weight is 167 g/mol. The van der Waals surface area contributed by atoms with Crippen molar-refractivity contribution in [3.05, 3.63) is 35.1 Å². The molecule has 0 radical (unpaired) electrons. The molecule has 1 rings (SSSR count). The van der Waals surface area contributed by atoms with Gasteiger partial charge in [-0.1, -0.05) is 6.07 Å². The summed E-state index contributed by atoms with van der Waals surface area (Å²) in [4.78, 5) is 0. The second-order valence-electron chi connectivity index (χ2n) is 2.50. The van der Waals surface area contributed by atoms with Gasteiger partial charge in [-0.25, -0.2) is 4.39 Å². The molecule has 12 heavy (non-hydrogen) atoms. The van der Waals surface area contributed by atoms with Gasteiger partial charge in [0.25, 0.3) is 0 Å². The van der Waals surface area contributed by atoms with E-state index < -0.39 is 0 Å². The van der Waals surface area contributed by atoms with E-state index in [1.807, 2.05) is 0 Å². The van der Waals surface area contributed by atoms with Crippen LogP contribution < -0.4 is 0 Å². The molecule has 0 atom stereocenters. The Balaban J connectivity index is 3.05. The van der Waals surface area contributed by atoms with Gasteiger partial charge in [0.2, 0.25) is 5.90 Å². The van der Waals surface area contributed by atoms with Gasteiger partial charge >= 0.3 is 0 Å². The molecule has 0 unspecified atom stereocenters. The highest BCUT2D eigenvalue weighted by Gasteiger charge is 2.03. The number of nitrogens with one attached hydrogen (secondary N) is 1. The molecule has 1 aromatic rings. The molecular weight excluding hydrogens is 157 g/mol. The number of hydrogen-bond acceptors (Lipinski definition) is 2. The molecule has 0 bridgehead atoms. The van der Waals surface area contributed by atoms with Crippen LogP contribution in [0.2, 0.25) is 0 Å². The molecule has 64 valence electrons. The highest BCUT2D eigenvalue weighted by Crippen LogP contribution is 2.09. The SMILES string of the molecule is COC(=N)c1ccc(C)c(F)c1. The van der Waals surface area contributed by atoms with Gasteiger partial charge in [-0.15, -0.1) is 0 Å². The summed E-state index contributed by atoms with van der Waals surface area (Å²) < 4.78 is 17.6. The van der Waals surface area contributed by atoms with Crippen LogP contribution in [0.15, 0.2) is 18.2 Å². The number of methoxy groups -OCH3 is 1. The van der Waals surface area contributed by atoms with Crippen LogP contribution in [0.4, 0.5) is 4.39 Å². The van der Waals surface area contributed by atoms with E-state index in [0.29, 0.717) is 11.1 Å². The summed E-state index contributed by atoms with van der Waals surface area (Å²) in [7, 11) is 1.39. The number of ether oxygens (including phenoxy) is 1. The van der Waals surface area contributed by atoms with Gasteiger partial charge in [0, 0.05) is 5.56 Å². The fourth-order valence-corrected chi connectivity index (χ4v) is 0.852. The quantitative estimate of drug-likeness (QED) is 0.504. The Kier molecular flexibility index (Phi) is 2.43. The molecule has 0 saturated heterocycles. The lowest BCUT2D eigenvalue weighted by molar-refractivity contribution is 0.401. The topological polar surface area (TPSA) is 33.1 Å². The van der Waals surface area contributed by atoms with Gasteiger partial charge in [-0.3, -0.25) is 5.41 Å². The molecule has 1 aromatic carbocycles. The maximum absolute atomic E-state index is 12.9. The fraction of sp³-hybridized carbons (Fsp3) is 0.222. The summed E-state index contributed by atoms with van der Waals surface area (Å²) in [6.45, 7) is 1.68. The maximum Gasteiger partial charge on any atom is 0.213 e. The first-order valence-corrected chi connectivity index (χ1v) is 3.54. The number of halogens is 1. The van der Waals surface area contributed by atoms with Crippen molar-refractivity contribution in [3.63, 3.8) is 0 Å². The predicted octanol–water partition coefficient (Wildman–Crippen LogP) is 2.11. The first-order valence-electron chi connectivity index (χ1n) is 3.54. The second kappa shape index (κ2) is 3.34. The van der Waals surface area contributed by atoms with Gasteiger partial charge in [-0.05, 0) is 24.6 Å². The summed E-state index contributed by atoms with van der Waals surface area (Å²) in [5.74, 6) is -0.330. The third kappa shape index (κ3) is 1.61. The van der Waals surface area contributed by atoms with Crippen molar-refractivity contribution < 1.29 is 9.13 Å². The minimum atomic E-state index is -0.311. The molecule has 0 aliphatic heterocycles. The van der Waals surface area contributed by atoms with E-state index in [1.165, 1.54) is 13.2 Å². The Labute approximate surface area is 70.5 Å². The Hall–Kier alpha value is -1.38. The lowest BCUT2D eigenvalue weighted by Crippen LogP contribution is -2.01. The Morgan fingerprint density at radius 2 is 2.17 bits per heavy atom. The van der Waals surface area contributed by atoms with Crippen LogP contribution >= 0.6 is 0 Å². The lowest BCUT2D eigenvalue weighted by atomic mass is 10.1. The number of benzene rings is 1. The second-order valence-corrected chi connectivity index (χ2v) is 2.50. The zero-order valence-corrected chi connectivity index (χ0v) is 7.02. The minimum absolute atomic E-state index is 0.0195. The van der Waals surface area contributed by atoms with E-state index in [0.717, 1.165) is 0 Å². The highest BCUT2D eigenvalue weighted by molar-refractivity contribution is 5.91. The van der Waals surface area contributed by atoms with Crippen molar-refractivity contribution in [3.8, 4) is 0 Å². The summed E-state index contributed by atoms with van der Waals surface area (Å²) in [5, 5.41) is 7.26. The predicted molar refractivity (Wildman–Crippen MR) is 45.0 cm³/mol. The molecule has 0 saturated carbocycles. The molecule has 0 aliphatic carbocycles. The van der Waals surface area contributed by atoms with E-state index in [-0.39, 0.29) is 11.7 Å². The monoisotopic (exact) mass is 167 g/mol. The third-order valence-electron chi connectivity index (χ3n) is 1.64. The van der Waals surface area contributed by atoms with Crippen molar-refractivity contribution in [1.82, 2.24) is 0 Å². The third-order valence-corrected chi connectivity index (χ3v) is 1.64. The van der Waals surface area contributed by atoms with Crippen LogP contribution in [0.5, 0.6) is 0 Å². The first-order chi connectivity index (χ1) is 5.65. The van der Waals surface area contributed by atoms with E-state index in [1.54, 1.807) is 19.1 Å². The summed E-state index contributed by atoms with van der Waals surface area (Å²) in [6.07, 6.45) is 0. The Bertz CT molecular complexity index is 309. The Morgan fingerprint density at radius 3 is 2.67 bits per heavy atom. The normalized spacial score (nSPS) is 9.58. The lowest BCUT2D eigenvalue weighted by Gasteiger charge is -2.02. The van der Waals surface area contributed by atoms with Crippen LogP contribution in [0, 0.1) is 18.2 Å². The summed E-state index contributed by atoms with van der Waals surface area (Å²) in [5.41, 5.74) is 1.03. The van der Waals surface area contributed by atoms with Crippen molar-refractivity contribution in [2.75, 3.05) is 7.11 Å². The number of aryl methyl sites for hydroxylation is 1. The van der Waals surface area contributed by atoms with E-state index >= 15 is 0 Å². The van der Waals surface area contributed by atoms with E-state index in [4.69, 9.17) is 5.41 Å². The van der Waals surface area contributed by atoms with Crippen LogP contribution in [0.3, 0.4) is 0 Å². The largest absolute Gasteiger partial charge is 0.481 e.